The van der Waals surface area contributed by atoms with Crippen LogP contribution in [0.3, 0.4) is 0 Å². The first-order valence-corrected chi connectivity index (χ1v) is 10.5. The largest absolute Gasteiger partial charge is 0.496 e. The Morgan fingerprint density at radius 1 is 1.14 bits per heavy atom. The number of carbonyl (C=O) groups excluding carboxylic acids is 1. The van der Waals surface area contributed by atoms with Crippen molar-refractivity contribution in [2.45, 2.75) is 51.6 Å². The van der Waals surface area contributed by atoms with Gasteiger partial charge in [0, 0.05) is 11.5 Å². The molecule has 1 aliphatic rings. The van der Waals surface area contributed by atoms with Gasteiger partial charge in [0.25, 0.3) is 0 Å². The van der Waals surface area contributed by atoms with E-state index in [0.29, 0.717) is 6.54 Å². The molecule has 5 heteroatoms. The number of amides is 1. The summed E-state index contributed by atoms with van der Waals surface area (Å²) in [6.45, 7) is 2.67. The number of imidazole rings is 1. The number of nitrogens with zero attached hydrogens (tertiary/aromatic N) is 2. The lowest BCUT2D eigenvalue weighted by Crippen LogP contribution is -2.35. The lowest BCUT2D eigenvalue weighted by Gasteiger charge is -2.23. The van der Waals surface area contributed by atoms with Crippen molar-refractivity contribution in [3.63, 3.8) is 0 Å². The van der Waals surface area contributed by atoms with Gasteiger partial charge in [-0.3, -0.25) is 4.79 Å². The zero-order chi connectivity index (χ0) is 20.2. The molecule has 0 bridgehead atoms. The molecule has 1 atom stereocenters. The summed E-state index contributed by atoms with van der Waals surface area (Å²) in [5.74, 6) is 2.03. The second-order valence-corrected chi connectivity index (χ2v) is 7.92. The molecule has 1 amide bonds. The minimum Gasteiger partial charge on any atom is -0.496 e. The fourth-order valence-electron chi connectivity index (χ4n) is 4.36. The van der Waals surface area contributed by atoms with Gasteiger partial charge in [-0.25, -0.2) is 4.98 Å². The minimum absolute atomic E-state index is 0.137. The van der Waals surface area contributed by atoms with E-state index in [1.54, 1.807) is 7.11 Å². The summed E-state index contributed by atoms with van der Waals surface area (Å²) in [4.78, 5) is 17.7. The van der Waals surface area contributed by atoms with Crippen molar-refractivity contribution in [3.8, 4) is 5.75 Å². The third kappa shape index (κ3) is 4.14. The molecule has 29 heavy (non-hydrogen) atoms. The molecule has 2 aromatic carbocycles. The number of benzene rings is 2. The third-order valence-electron chi connectivity index (χ3n) is 5.93. The van der Waals surface area contributed by atoms with E-state index < -0.39 is 0 Å². The number of para-hydroxylation sites is 3. The van der Waals surface area contributed by atoms with E-state index in [2.05, 4.69) is 22.0 Å². The number of hydrogen-bond acceptors (Lipinski definition) is 3. The summed E-state index contributed by atoms with van der Waals surface area (Å²) in [5.41, 5.74) is 3.09. The number of carbonyl (C=O) groups is 1. The highest BCUT2D eigenvalue weighted by Crippen LogP contribution is 2.27. The highest BCUT2D eigenvalue weighted by Gasteiger charge is 2.25. The van der Waals surface area contributed by atoms with Crippen LogP contribution in [0.1, 0.15) is 56.5 Å². The highest BCUT2D eigenvalue weighted by atomic mass is 16.5. The van der Waals surface area contributed by atoms with E-state index in [-0.39, 0.29) is 17.9 Å². The van der Waals surface area contributed by atoms with Gasteiger partial charge in [-0.2, -0.15) is 0 Å². The molecule has 1 aromatic heterocycles. The first-order valence-electron chi connectivity index (χ1n) is 10.5. The molecule has 1 heterocycles. The fraction of sp³-hybridized carbons (Fsp3) is 0.417. The number of hydrogen-bond donors (Lipinski definition) is 1. The summed E-state index contributed by atoms with van der Waals surface area (Å²) in [5, 5.41) is 3.23. The van der Waals surface area contributed by atoms with Crippen LogP contribution in [0.4, 0.5) is 0 Å². The molecule has 1 unspecified atom stereocenters. The molecular formula is C24H29N3O2. The van der Waals surface area contributed by atoms with Crippen molar-refractivity contribution in [1.29, 1.82) is 0 Å². The van der Waals surface area contributed by atoms with Gasteiger partial charge in [0.15, 0.2) is 0 Å². The Labute approximate surface area is 172 Å². The van der Waals surface area contributed by atoms with E-state index in [1.165, 1.54) is 6.42 Å². The van der Waals surface area contributed by atoms with Crippen molar-refractivity contribution in [1.82, 2.24) is 14.9 Å². The summed E-state index contributed by atoms with van der Waals surface area (Å²) in [6, 6.07) is 16.0. The highest BCUT2D eigenvalue weighted by molar-refractivity contribution is 5.80. The number of nitrogens with one attached hydrogen (secondary N) is 1. The van der Waals surface area contributed by atoms with E-state index in [0.717, 1.165) is 53.9 Å². The Morgan fingerprint density at radius 3 is 2.66 bits per heavy atom. The van der Waals surface area contributed by atoms with Gasteiger partial charge in [-0.15, -0.1) is 0 Å². The van der Waals surface area contributed by atoms with Gasteiger partial charge in [0.1, 0.15) is 11.6 Å². The molecule has 4 rings (SSSR count). The Balaban J connectivity index is 1.64. The van der Waals surface area contributed by atoms with Crippen molar-refractivity contribution in [2.24, 2.45) is 5.92 Å². The molecule has 1 aliphatic carbocycles. The smallest absolute Gasteiger partial charge is 0.223 e. The zero-order valence-electron chi connectivity index (χ0n) is 17.2. The number of methoxy groups -OCH3 is 1. The molecule has 1 fully saturated rings. The summed E-state index contributed by atoms with van der Waals surface area (Å²) < 4.78 is 7.74. The van der Waals surface area contributed by atoms with E-state index >= 15 is 0 Å². The lowest BCUT2D eigenvalue weighted by molar-refractivity contribution is -0.126. The van der Waals surface area contributed by atoms with Crippen LogP contribution in [0.5, 0.6) is 5.75 Å². The third-order valence-corrected chi connectivity index (χ3v) is 5.93. The molecule has 0 aliphatic heterocycles. The number of rotatable bonds is 6. The maximum Gasteiger partial charge on any atom is 0.223 e. The van der Waals surface area contributed by atoms with Crippen molar-refractivity contribution in [2.75, 3.05) is 7.11 Å². The lowest BCUT2D eigenvalue weighted by atomic mass is 9.88. The number of ether oxygens (including phenoxy) is 1. The Bertz CT molecular complexity index is 989. The maximum absolute atomic E-state index is 12.8. The van der Waals surface area contributed by atoms with Gasteiger partial charge in [-0.05, 0) is 38.0 Å². The predicted molar refractivity (Wildman–Crippen MR) is 115 cm³/mol. The normalized spacial score (nSPS) is 15.9. The maximum atomic E-state index is 12.8. The van der Waals surface area contributed by atoms with Crippen LogP contribution in [0.15, 0.2) is 48.5 Å². The van der Waals surface area contributed by atoms with Gasteiger partial charge >= 0.3 is 0 Å². The summed E-state index contributed by atoms with van der Waals surface area (Å²) in [6.07, 6.45) is 5.54. The van der Waals surface area contributed by atoms with Gasteiger partial charge in [-0.1, -0.05) is 49.6 Å². The van der Waals surface area contributed by atoms with Crippen molar-refractivity contribution >= 4 is 16.9 Å². The monoisotopic (exact) mass is 391 g/mol. The predicted octanol–water partition coefficient (Wildman–Crippen LogP) is 4.85. The summed E-state index contributed by atoms with van der Waals surface area (Å²) >= 11 is 0. The van der Waals surface area contributed by atoms with Crippen LogP contribution in [-0.2, 0) is 11.3 Å². The van der Waals surface area contributed by atoms with Crippen LogP contribution >= 0.6 is 0 Å². The second-order valence-electron chi connectivity index (χ2n) is 7.92. The number of fused-ring (bicyclic) bond motifs is 1. The van der Waals surface area contributed by atoms with E-state index in [9.17, 15) is 4.79 Å². The van der Waals surface area contributed by atoms with Crippen molar-refractivity contribution in [3.05, 3.63) is 59.9 Å². The topological polar surface area (TPSA) is 56.1 Å². The fourth-order valence-corrected chi connectivity index (χ4v) is 4.36. The van der Waals surface area contributed by atoms with Crippen LogP contribution in [0.25, 0.3) is 11.0 Å². The Morgan fingerprint density at radius 2 is 1.86 bits per heavy atom. The van der Waals surface area contributed by atoms with E-state index in [1.807, 2.05) is 43.3 Å². The van der Waals surface area contributed by atoms with Gasteiger partial charge in [0.2, 0.25) is 5.91 Å². The second kappa shape index (κ2) is 8.68. The van der Waals surface area contributed by atoms with Gasteiger partial charge in [0.05, 0.1) is 30.7 Å². The minimum atomic E-state index is -0.161. The molecule has 3 aromatic rings. The zero-order valence-corrected chi connectivity index (χ0v) is 17.2. The molecule has 0 spiro atoms. The van der Waals surface area contributed by atoms with Crippen LogP contribution in [0, 0.1) is 5.92 Å². The van der Waals surface area contributed by atoms with Crippen LogP contribution < -0.4 is 10.1 Å². The number of aromatic nitrogens is 2. The Hall–Kier alpha value is -2.82. The molecule has 1 N–H and O–H groups in total. The first-order chi connectivity index (χ1) is 14.2. The van der Waals surface area contributed by atoms with Crippen molar-refractivity contribution < 1.29 is 9.53 Å². The molecule has 1 saturated carbocycles. The average molecular weight is 392 g/mol. The van der Waals surface area contributed by atoms with E-state index in [4.69, 9.17) is 9.72 Å². The standard InChI is InChI=1S/C24H29N3O2/c1-17(25-24(28)18-10-4-3-5-11-18)23-26-20-13-7-8-14-21(20)27(23)16-19-12-6-9-15-22(19)29-2/h6-9,12-15,17-18H,3-5,10-11,16H2,1-2H3,(H,25,28). The van der Waals surface area contributed by atoms with Crippen LogP contribution in [-0.4, -0.2) is 22.6 Å². The quantitative estimate of drug-likeness (QED) is 0.653. The first kappa shape index (κ1) is 19.5. The molecule has 0 saturated heterocycles. The van der Waals surface area contributed by atoms with Crippen LogP contribution in [0.2, 0.25) is 0 Å². The Kier molecular flexibility index (Phi) is 5.84. The van der Waals surface area contributed by atoms with Gasteiger partial charge < -0.3 is 14.6 Å². The SMILES string of the molecule is COc1ccccc1Cn1c(C(C)NC(=O)C2CCCCC2)nc2ccccc21. The molecule has 0 radical (unpaired) electrons. The summed E-state index contributed by atoms with van der Waals surface area (Å²) in [7, 11) is 1.69. The average Bonchev–Trinajstić information content (AvgIpc) is 3.13. The molecular weight excluding hydrogens is 362 g/mol. The molecule has 152 valence electrons. The molecule has 5 nitrogen and oxygen atoms in total.